The second kappa shape index (κ2) is 4.12. The predicted molar refractivity (Wildman–Crippen MR) is 49.0 cm³/mol. The van der Waals surface area contributed by atoms with Gasteiger partial charge in [-0.15, -0.1) is 0 Å². The third-order valence-electron chi connectivity index (χ3n) is 1.98. The molecule has 0 aliphatic rings. The SMILES string of the molecule is CCCCc1cc(C(=O)O)c(C)o1. The van der Waals surface area contributed by atoms with Crippen LogP contribution in [0.4, 0.5) is 0 Å². The second-order valence-electron chi connectivity index (χ2n) is 3.09. The van der Waals surface area contributed by atoms with Crippen LogP contribution < -0.4 is 0 Å². The summed E-state index contributed by atoms with van der Waals surface area (Å²) >= 11 is 0. The van der Waals surface area contributed by atoms with Crippen molar-refractivity contribution in [2.75, 3.05) is 0 Å². The van der Waals surface area contributed by atoms with Crippen LogP contribution in [0.1, 0.15) is 41.6 Å². The molecule has 0 radical (unpaired) electrons. The fraction of sp³-hybridized carbons (Fsp3) is 0.500. The van der Waals surface area contributed by atoms with E-state index in [1.165, 1.54) is 0 Å². The lowest BCUT2D eigenvalue weighted by Gasteiger charge is -1.91. The van der Waals surface area contributed by atoms with Crippen LogP contribution in [0.25, 0.3) is 0 Å². The summed E-state index contributed by atoms with van der Waals surface area (Å²) in [5.41, 5.74) is 0.283. The summed E-state index contributed by atoms with van der Waals surface area (Å²) in [7, 11) is 0. The van der Waals surface area contributed by atoms with Gasteiger partial charge in [-0.25, -0.2) is 4.79 Å². The van der Waals surface area contributed by atoms with E-state index in [0.717, 1.165) is 25.0 Å². The van der Waals surface area contributed by atoms with Gasteiger partial charge in [0.15, 0.2) is 0 Å². The number of furan rings is 1. The number of aromatic carboxylic acids is 1. The molecule has 0 saturated heterocycles. The molecule has 1 aromatic rings. The van der Waals surface area contributed by atoms with Crippen molar-refractivity contribution in [3.8, 4) is 0 Å². The maximum absolute atomic E-state index is 10.6. The van der Waals surface area contributed by atoms with E-state index in [9.17, 15) is 4.79 Å². The average Bonchev–Trinajstić information content (AvgIpc) is 2.43. The molecule has 1 N–H and O–H groups in total. The van der Waals surface area contributed by atoms with Gasteiger partial charge in [0, 0.05) is 6.42 Å². The second-order valence-corrected chi connectivity index (χ2v) is 3.09. The van der Waals surface area contributed by atoms with Crippen LogP contribution in [-0.4, -0.2) is 11.1 Å². The van der Waals surface area contributed by atoms with Crippen molar-refractivity contribution >= 4 is 5.97 Å². The summed E-state index contributed by atoms with van der Waals surface area (Å²) in [5.74, 6) is 0.361. The summed E-state index contributed by atoms with van der Waals surface area (Å²) < 4.78 is 5.30. The number of carbonyl (C=O) groups is 1. The molecule has 3 nitrogen and oxygen atoms in total. The van der Waals surface area contributed by atoms with Gasteiger partial charge in [0.1, 0.15) is 17.1 Å². The first kappa shape index (κ1) is 9.84. The van der Waals surface area contributed by atoms with E-state index < -0.39 is 5.97 Å². The number of unbranched alkanes of at least 4 members (excludes halogenated alkanes) is 1. The first-order valence-corrected chi connectivity index (χ1v) is 4.47. The number of hydrogen-bond acceptors (Lipinski definition) is 2. The number of carboxylic acid groups (broad SMARTS) is 1. The summed E-state index contributed by atoms with van der Waals surface area (Å²) in [6, 6.07) is 1.62. The van der Waals surface area contributed by atoms with Gasteiger partial charge in [0.25, 0.3) is 0 Å². The van der Waals surface area contributed by atoms with Gasteiger partial charge >= 0.3 is 5.97 Å². The zero-order chi connectivity index (χ0) is 9.84. The third-order valence-corrected chi connectivity index (χ3v) is 1.98. The first-order valence-electron chi connectivity index (χ1n) is 4.47. The van der Waals surface area contributed by atoms with Crippen molar-refractivity contribution in [1.29, 1.82) is 0 Å². The monoisotopic (exact) mass is 182 g/mol. The van der Waals surface area contributed by atoms with Crippen molar-refractivity contribution in [2.24, 2.45) is 0 Å². The smallest absolute Gasteiger partial charge is 0.339 e. The first-order chi connectivity index (χ1) is 6.15. The molecule has 0 aromatic carbocycles. The van der Waals surface area contributed by atoms with Crippen LogP contribution in [0.5, 0.6) is 0 Å². The highest BCUT2D eigenvalue weighted by Crippen LogP contribution is 2.16. The maximum Gasteiger partial charge on any atom is 0.339 e. The minimum atomic E-state index is -0.913. The van der Waals surface area contributed by atoms with Gasteiger partial charge in [0.2, 0.25) is 0 Å². The molecule has 1 rings (SSSR count). The molecule has 0 fully saturated rings. The number of hydrogen-bond donors (Lipinski definition) is 1. The van der Waals surface area contributed by atoms with Gasteiger partial charge in [-0.3, -0.25) is 0 Å². The van der Waals surface area contributed by atoms with E-state index in [1.807, 2.05) is 0 Å². The van der Waals surface area contributed by atoms with Crippen molar-refractivity contribution in [3.63, 3.8) is 0 Å². The average molecular weight is 182 g/mol. The fourth-order valence-corrected chi connectivity index (χ4v) is 1.23. The van der Waals surface area contributed by atoms with Gasteiger partial charge in [-0.05, 0) is 19.4 Å². The fourth-order valence-electron chi connectivity index (χ4n) is 1.23. The molecule has 3 heteroatoms. The van der Waals surface area contributed by atoms with E-state index in [0.29, 0.717) is 5.76 Å². The van der Waals surface area contributed by atoms with Gasteiger partial charge < -0.3 is 9.52 Å². The Labute approximate surface area is 77.4 Å². The van der Waals surface area contributed by atoms with Crippen LogP contribution in [-0.2, 0) is 6.42 Å². The zero-order valence-corrected chi connectivity index (χ0v) is 7.96. The highest BCUT2D eigenvalue weighted by atomic mass is 16.4. The standard InChI is InChI=1S/C10H14O3/c1-3-4-5-8-6-9(10(11)12)7(2)13-8/h6H,3-5H2,1-2H3,(H,11,12). The molecule has 72 valence electrons. The molecule has 0 aliphatic heterocycles. The molecule has 0 unspecified atom stereocenters. The van der Waals surface area contributed by atoms with Gasteiger partial charge in [0.05, 0.1) is 0 Å². The highest BCUT2D eigenvalue weighted by Gasteiger charge is 2.12. The minimum absolute atomic E-state index is 0.283. The molecular weight excluding hydrogens is 168 g/mol. The molecule has 0 atom stereocenters. The largest absolute Gasteiger partial charge is 0.478 e. The summed E-state index contributed by atoms with van der Waals surface area (Å²) in [6.45, 7) is 3.77. The lowest BCUT2D eigenvalue weighted by Crippen LogP contribution is -1.94. The van der Waals surface area contributed by atoms with E-state index in [-0.39, 0.29) is 5.56 Å². The molecular formula is C10H14O3. The molecule has 13 heavy (non-hydrogen) atoms. The van der Waals surface area contributed by atoms with Crippen molar-refractivity contribution in [3.05, 3.63) is 23.2 Å². The van der Waals surface area contributed by atoms with Crippen molar-refractivity contribution in [1.82, 2.24) is 0 Å². The Morgan fingerprint density at radius 3 is 2.77 bits per heavy atom. The molecule has 1 aromatic heterocycles. The molecule has 0 saturated carbocycles. The van der Waals surface area contributed by atoms with Crippen LogP contribution in [0.15, 0.2) is 10.5 Å². The Morgan fingerprint density at radius 1 is 1.62 bits per heavy atom. The quantitative estimate of drug-likeness (QED) is 0.778. The Kier molecular flexibility index (Phi) is 3.12. The van der Waals surface area contributed by atoms with Crippen LogP contribution >= 0.6 is 0 Å². The Hall–Kier alpha value is -1.25. The predicted octanol–water partition coefficient (Wildman–Crippen LogP) is 2.63. The number of rotatable bonds is 4. The Bertz CT molecular complexity index is 299. The van der Waals surface area contributed by atoms with Gasteiger partial charge in [-0.1, -0.05) is 13.3 Å². The minimum Gasteiger partial charge on any atom is -0.478 e. The number of aryl methyl sites for hydroxylation is 2. The van der Waals surface area contributed by atoms with E-state index in [2.05, 4.69) is 6.92 Å². The normalized spacial score (nSPS) is 10.3. The lowest BCUT2D eigenvalue weighted by molar-refractivity contribution is 0.0695. The summed E-state index contributed by atoms with van der Waals surface area (Å²) in [6.07, 6.45) is 2.94. The summed E-state index contributed by atoms with van der Waals surface area (Å²) in [5, 5.41) is 8.74. The van der Waals surface area contributed by atoms with E-state index >= 15 is 0 Å². The highest BCUT2D eigenvalue weighted by molar-refractivity contribution is 5.88. The number of carboxylic acids is 1. The lowest BCUT2D eigenvalue weighted by atomic mass is 10.2. The third kappa shape index (κ3) is 2.34. The summed E-state index contributed by atoms with van der Waals surface area (Å²) in [4.78, 5) is 10.6. The molecule has 0 aliphatic carbocycles. The van der Waals surface area contributed by atoms with Crippen LogP contribution in [0, 0.1) is 6.92 Å². The molecule has 0 bridgehead atoms. The maximum atomic E-state index is 10.6. The van der Waals surface area contributed by atoms with E-state index in [1.54, 1.807) is 13.0 Å². The van der Waals surface area contributed by atoms with Gasteiger partial charge in [-0.2, -0.15) is 0 Å². The van der Waals surface area contributed by atoms with Crippen molar-refractivity contribution < 1.29 is 14.3 Å². The molecule has 1 heterocycles. The topological polar surface area (TPSA) is 50.4 Å². The van der Waals surface area contributed by atoms with E-state index in [4.69, 9.17) is 9.52 Å². The zero-order valence-electron chi connectivity index (χ0n) is 7.96. The Morgan fingerprint density at radius 2 is 2.31 bits per heavy atom. The van der Waals surface area contributed by atoms with Crippen molar-refractivity contribution in [2.45, 2.75) is 33.1 Å². The molecule has 0 amide bonds. The van der Waals surface area contributed by atoms with Crippen LogP contribution in [0.2, 0.25) is 0 Å². The molecule has 0 spiro atoms. The van der Waals surface area contributed by atoms with Crippen LogP contribution in [0.3, 0.4) is 0 Å². The Balaban J connectivity index is 2.76.